The summed E-state index contributed by atoms with van der Waals surface area (Å²) in [5.41, 5.74) is 2.80. The Balaban J connectivity index is 1.94. The lowest BCUT2D eigenvalue weighted by atomic mass is 9.96. The normalized spacial score (nSPS) is 13.3. The molecule has 122 valence electrons. The molecule has 0 saturated heterocycles. The molecule has 0 radical (unpaired) electrons. The van der Waals surface area contributed by atoms with Crippen molar-refractivity contribution in [3.05, 3.63) is 71.3 Å². The fourth-order valence-corrected chi connectivity index (χ4v) is 2.52. The second-order valence-corrected chi connectivity index (χ2v) is 5.72. The average molecular weight is 313 g/mol. The summed E-state index contributed by atoms with van der Waals surface area (Å²) < 4.78 is 0. The van der Waals surface area contributed by atoms with E-state index in [2.05, 4.69) is 5.32 Å². The second kappa shape index (κ2) is 8.46. The van der Waals surface area contributed by atoms with Crippen LogP contribution in [0.2, 0.25) is 0 Å². The Labute approximate surface area is 136 Å². The van der Waals surface area contributed by atoms with Crippen LogP contribution >= 0.6 is 0 Å². The van der Waals surface area contributed by atoms with Gasteiger partial charge in [-0.05, 0) is 22.6 Å². The lowest BCUT2D eigenvalue weighted by Crippen LogP contribution is -2.31. The number of nitrogens with one attached hydrogen (secondary N) is 1. The molecule has 0 fully saturated rings. The highest BCUT2D eigenvalue weighted by molar-refractivity contribution is 5.77. The zero-order valence-electron chi connectivity index (χ0n) is 13.3. The van der Waals surface area contributed by atoms with Gasteiger partial charge in [-0.15, -0.1) is 0 Å². The largest absolute Gasteiger partial charge is 0.394 e. The van der Waals surface area contributed by atoms with Crippen molar-refractivity contribution in [2.24, 2.45) is 0 Å². The average Bonchev–Trinajstić information content (AvgIpc) is 2.60. The molecule has 4 heteroatoms. The van der Waals surface area contributed by atoms with Crippen LogP contribution in [0.4, 0.5) is 0 Å². The Morgan fingerprint density at radius 1 is 1.00 bits per heavy atom. The molecule has 0 spiro atoms. The predicted molar refractivity (Wildman–Crippen MR) is 89.8 cm³/mol. The summed E-state index contributed by atoms with van der Waals surface area (Å²) in [6.07, 6.45) is 0.349. The molecule has 0 saturated carbocycles. The van der Waals surface area contributed by atoms with Crippen molar-refractivity contribution in [2.75, 3.05) is 6.61 Å². The number of benzene rings is 2. The van der Waals surface area contributed by atoms with Gasteiger partial charge in [0.15, 0.2) is 0 Å². The fourth-order valence-electron chi connectivity index (χ4n) is 2.52. The van der Waals surface area contributed by atoms with Gasteiger partial charge in [0.05, 0.1) is 19.3 Å². The number of aliphatic hydroxyl groups is 2. The maximum Gasteiger partial charge on any atom is 0.221 e. The molecule has 0 bridgehead atoms. The van der Waals surface area contributed by atoms with Gasteiger partial charge in [-0.2, -0.15) is 0 Å². The minimum Gasteiger partial charge on any atom is -0.394 e. The molecule has 0 heterocycles. The summed E-state index contributed by atoms with van der Waals surface area (Å²) >= 11 is 0. The standard InChI is InChI=1S/C19H23NO3/c1-14(16-9-7-15(12-21)8-10-16)11-19(23)20-18(13-22)17-5-3-2-4-6-17/h2-10,14,18,21-22H,11-13H2,1H3,(H,20,23)/t14-,18+/m0/s1. The van der Waals surface area contributed by atoms with E-state index in [9.17, 15) is 9.90 Å². The van der Waals surface area contributed by atoms with Crippen molar-refractivity contribution in [1.82, 2.24) is 5.32 Å². The number of carbonyl (C=O) groups excluding carboxylic acids is 1. The maximum absolute atomic E-state index is 12.2. The Morgan fingerprint density at radius 2 is 1.65 bits per heavy atom. The fraction of sp³-hybridized carbons (Fsp3) is 0.316. The molecule has 3 N–H and O–H groups in total. The van der Waals surface area contributed by atoms with E-state index in [-0.39, 0.29) is 31.1 Å². The van der Waals surface area contributed by atoms with Crippen molar-refractivity contribution in [2.45, 2.75) is 31.9 Å². The molecule has 0 unspecified atom stereocenters. The number of hydrogen-bond acceptors (Lipinski definition) is 3. The number of amides is 1. The third kappa shape index (κ3) is 4.91. The van der Waals surface area contributed by atoms with E-state index in [4.69, 9.17) is 5.11 Å². The highest BCUT2D eigenvalue weighted by Gasteiger charge is 2.16. The molecule has 2 atom stereocenters. The van der Waals surface area contributed by atoms with Crippen LogP contribution in [0.1, 0.15) is 42.0 Å². The van der Waals surface area contributed by atoms with Crippen molar-refractivity contribution >= 4 is 5.91 Å². The molecule has 2 rings (SSSR count). The van der Waals surface area contributed by atoms with Crippen molar-refractivity contribution < 1.29 is 15.0 Å². The summed E-state index contributed by atoms with van der Waals surface area (Å²) in [5, 5.41) is 21.4. The summed E-state index contributed by atoms with van der Waals surface area (Å²) in [5.74, 6) is -0.0236. The van der Waals surface area contributed by atoms with Crippen LogP contribution in [-0.2, 0) is 11.4 Å². The molecule has 0 aromatic heterocycles. The lowest BCUT2D eigenvalue weighted by Gasteiger charge is -2.18. The molecule has 0 aliphatic rings. The van der Waals surface area contributed by atoms with Crippen molar-refractivity contribution in [3.63, 3.8) is 0 Å². The van der Waals surface area contributed by atoms with Gasteiger partial charge < -0.3 is 15.5 Å². The monoisotopic (exact) mass is 313 g/mol. The summed E-state index contributed by atoms with van der Waals surface area (Å²) in [6.45, 7) is 1.88. The van der Waals surface area contributed by atoms with Gasteiger partial charge in [0, 0.05) is 6.42 Å². The Kier molecular flexibility index (Phi) is 6.32. The van der Waals surface area contributed by atoms with E-state index in [1.165, 1.54) is 0 Å². The minimum absolute atomic E-state index is 0.0183. The van der Waals surface area contributed by atoms with E-state index in [0.717, 1.165) is 16.7 Å². The van der Waals surface area contributed by atoms with Crippen LogP contribution in [0, 0.1) is 0 Å². The van der Waals surface area contributed by atoms with Gasteiger partial charge >= 0.3 is 0 Å². The first-order chi connectivity index (χ1) is 11.1. The van der Waals surface area contributed by atoms with Crippen LogP contribution in [0.15, 0.2) is 54.6 Å². The van der Waals surface area contributed by atoms with Gasteiger partial charge in [0.1, 0.15) is 0 Å². The van der Waals surface area contributed by atoms with Gasteiger partial charge in [-0.25, -0.2) is 0 Å². The van der Waals surface area contributed by atoms with Crippen molar-refractivity contribution in [1.29, 1.82) is 0 Å². The van der Waals surface area contributed by atoms with Crippen LogP contribution in [0.5, 0.6) is 0 Å². The van der Waals surface area contributed by atoms with Gasteiger partial charge in [-0.1, -0.05) is 61.5 Å². The molecule has 1 amide bonds. The summed E-state index contributed by atoms with van der Waals surface area (Å²) in [7, 11) is 0. The summed E-state index contributed by atoms with van der Waals surface area (Å²) in [6, 6.07) is 16.7. The number of carbonyl (C=O) groups is 1. The van der Waals surface area contributed by atoms with Crippen molar-refractivity contribution in [3.8, 4) is 0 Å². The molecular formula is C19H23NO3. The zero-order valence-corrected chi connectivity index (χ0v) is 13.3. The van der Waals surface area contributed by atoms with E-state index < -0.39 is 0 Å². The molecule has 0 aliphatic heterocycles. The molecular weight excluding hydrogens is 290 g/mol. The van der Waals surface area contributed by atoms with E-state index in [1.807, 2.05) is 61.5 Å². The molecule has 2 aromatic carbocycles. The SMILES string of the molecule is C[C@@H](CC(=O)N[C@H](CO)c1ccccc1)c1ccc(CO)cc1. The predicted octanol–water partition coefficient (Wildman–Crippen LogP) is 2.52. The molecule has 4 nitrogen and oxygen atoms in total. The first-order valence-corrected chi connectivity index (χ1v) is 7.79. The topological polar surface area (TPSA) is 69.6 Å². The van der Waals surface area contributed by atoms with Gasteiger partial charge in [-0.3, -0.25) is 4.79 Å². The van der Waals surface area contributed by atoms with Crippen LogP contribution < -0.4 is 5.32 Å². The van der Waals surface area contributed by atoms with E-state index in [1.54, 1.807) is 0 Å². The minimum atomic E-state index is -0.382. The highest BCUT2D eigenvalue weighted by Crippen LogP contribution is 2.20. The lowest BCUT2D eigenvalue weighted by molar-refractivity contribution is -0.122. The molecule has 0 aliphatic carbocycles. The number of rotatable bonds is 7. The van der Waals surface area contributed by atoms with E-state index in [0.29, 0.717) is 6.42 Å². The third-order valence-corrected chi connectivity index (χ3v) is 3.94. The highest BCUT2D eigenvalue weighted by atomic mass is 16.3. The van der Waals surface area contributed by atoms with Gasteiger partial charge in [0.25, 0.3) is 0 Å². The maximum atomic E-state index is 12.2. The van der Waals surface area contributed by atoms with E-state index >= 15 is 0 Å². The number of aliphatic hydroxyl groups excluding tert-OH is 2. The Bertz CT molecular complexity index is 610. The smallest absolute Gasteiger partial charge is 0.221 e. The quantitative estimate of drug-likeness (QED) is 0.735. The number of hydrogen-bond donors (Lipinski definition) is 3. The first-order valence-electron chi connectivity index (χ1n) is 7.79. The second-order valence-electron chi connectivity index (χ2n) is 5.72. The molecule has 23 heavy (non-hydrogen) atoms. The van der Waals surface area contributed by atoms with Crippen LogP contribution in [-0.4, -0.2) is 22.7 Å². The zero-order chi connectivity index (χ0) is 16.7. The van der Waals surface area contributed by atoms with Crippen LogP contribution in [0.3, 0.4) is 0 Å². The Morgan fingerprint density at radius 3 is 2.22 bits per heavy atom. The van der Waals surface area contributed by atoms with Crippen LogP contribution in [0.25, 0.3) is 0 Å². The third-order valence-electron chi connectivity index (χ3n) is 3.94. The summed E-state index contributed by atoms with van der Waals surface area (Å²) in [4.78, 5) is 12.2. The van der Waals surface area contributed by atoms with Gasteiger partial charge in [0.2, 0.25) is 5.91 Å². The Hall–Kier alpha value is -2.17. The first kappa shape index (κ1) is 17.2. The molecule has 2 aromatic rings.